The fourth-order valence-corrected chi connectivity index (χ4v) is 3.68. The number of hydrogen-bond donors (Lipinski definition) is 1. The summed E-state index contributed by atoms with van der Waals surface area (Å²) in [6.45, 7) is 2.35. The highest BCUT2D eigenvalue weighted by molar-refractivity contribution is 7.13. The van der Waals surface area contributed by atoms with Gasteiger partial charge in [-0.1, -0.05) is 35.8 Å². The van der Waals surface area contributed by atoms with Crippen LogP contribution in [0, 0.1) is 17.0 Å². The molecule has 0 atom stereocenters. The minimum absolute atomic E-state index is 0.171. The van der Waals surface area contributed by atoms with Crippen molar-refractivity contribution >= 4 is 16.3 Å². The zero-order valence-corrected chi connectivity index (χ0v) is 13.2. The van der Waals surface area contributed by atoms with Crippen LogP contribution in [0.5, 0.6) is 0 Å². The Morgan fingerprint density at radius 1 is 1.45 bits per heavy atom. The van der Waals surface area contributed by atoms with Crippen LogP contribution in [0.3, 0.4) is 0 Å². The van der Waals surface area contributed by atoms with Crippen molar-refractivity contribution in [3.05, 3.63) is 38.8 Å². The molecule has 0 radical (unpaired) electrons. The fraction of sp³-hybridized carbons (Fsp3) is 0.571. The number of hydrogen-bond acceptors (Lipinski definition) is 7. The highest BCUT2D eigenvalue weighted by atomic mass is 32.1. The molecule has 1 N–H and O–H groups in total. The molecule has 0 saturated heterocycles. The molecule has 2 heterocycles. The monoisotopic (exact) mass is 322 g/mol. The van der Waals surface area contributed by atoms with Crippen LogP contribution >= 0.6 is 11.3 Å². The van der Waals surface area contributed by atoms with Gasteiger partial charge in [-0.2, -0.15) is 4.98 Å². The molecule has 118 valence electrons. The van der Waals surface area contributed by atoms with E-state index in [1.807, 2.05) is 5.38 Å². The standard InChI is InChI=1S/C14H18N4O3S/c1-10-16-13(17-21-10)14(5-3-2-4-6-14)15-8-11-7-12(18(19)20)22-9-11/h7,9,15H,2-6,8H2,1H3. The minimum Gasteiger partial charge on any atom is -0.340 e. The van der Waals surface area contributed by atoms with E-state index in [1.54, 1.807) is 13.0 Å². The first-order valence-electron chi connectivity index (χ1n) is 7.37. The Balaban J connectivity index is 1.76. The van der Waals surface area contributed by atoms with Crippen molar-refractivity contribution < 1.29 is 9.45 Å². The van der Waals surface area contributed by atoms with E-state index in [0.717, 1.165) is 42.6 Å². The summed E-state index contributed by atoms with van der Waals surface area (Å²) in [5.74, 6) is 1.27. The van der Waals surface area contributed by atoms with E-state index in [-0.39, 0.29) is 15.5 Å². The van der Waals surface area contributed by atoms with E-state index in [1.165, 1.54) is 6.42 Å². The maximum Gasteiger partial charge on any atom is 0.324 e. The van der Waals surface area contributed by atoms with Crippen molar-refractivity contribution in [3.8, 4) is 0 Å². The normalized spacial score (nSPS) is 17.5. The van der Waals surface area contributed by atoms with Gasteiger partial charge in [-0.25, -0.2) is 0 Å². The largest absolute Gasteiger partial charge is 0.340 e. The molecule has 8 heteroatoms. The van der Waals surface area contributed by atoms with Gasteiger partial charge in [0.25, 0.3) is 0 Å². The van der Waals surface area contributed by atoms with Crippen LogP contribution in [-0.2, 0) is 12.1 Å². The van der Waals surface area contributed by atoms with Crippen LogP contribution in [-0.4, -0.2) is 15.1 Å². The Morgan fingerprint density at radius 3 is 2.82 bits per heavy atom. The second-order valence-electron chi connectivity index (χ2n) is 5.68. The lowest BCUT2D eigenvalue weighted by Crippen LogP contribution is -2.44. The molecular formula is C14H18N4O3S. The van der Waals surface area contributed by atoms with Gasteiger partial charge >= 0.3 is 5.00 Å². The summed E-state index contributed by atoms with van der Waals surface area (Å²) in [6.07, 6.45) is 5.36. The topological polar surface area (TPSA) is 94.1 Å². The lowest BCUT2D eigenvalue weighted by molar-refractivity contribution is -0.380. The highest BCUT2D eigenvalue weighted by Gasteiger charge is 2.37. The van der Waals surface area contributed by atoms with Gasteiger partial charge in [0.15, 0.2) is 5.82 Å². The quantitative estimate of drug-likeness (QED) is 0.670. The molecule has 0 unspecified atom stereocenters. The second kappa shape index (κ2) is 6.13. The van der Waals surface area contributed by atoms with Gasteiger partial charge < -0.3 is 9.84 Å². The predicted molar refractivity (Wildman–Crippen MR) is 81.6 cm³/mol. The van der Waals surface area contributed by atoms with E-state index in [9.17, 15) is 10.1 Å². The molecule has 0 amide bonds. The van der Waals surface area contributed by atoms with E-state index in [0.29, 0.717) is 18.3 Å². The van der Waals surface area contributed by atoms with Crippen molar-refractivity contribution in [2.45, 2.75) is 51.1 Å². The van der Waals surface area contributed by atoms with Gasteiger partial charge in [0, 0.05) is 24.9 Å². The van der Waals surface area contributed by atoms with E-state index in [4.69, 9.17) is 4.52 Å². The van der Waals surface area contributed by atoms with E-state index in [2.05, 4.69) is 15.5 Å². The third-order valence-corrected chi connectivity index (χ3v) is 5.04. The third kappa shape index (κ3) is 3.02. The number of nitrogens with zero attached hydrogens (tertiary/aromatic N) is 3. The first kappa shape index (κ1) is 15.1. The molecule has 1 aliphatic rings. The maximum atomic E-state index is 10.8. The number of rotatable bonds is 5. The molecule has 0 spiro atoms. The fourth-order valence-electron chi connectivity index (χ4n) is 2.95. The number of thiophene rings is 1. The summed E-state index contributed by atoms with van der Waals surface area (Å²) in [5, 5.41) is 20.4. The van der Waals surface area contributed by atoms with E-state index < -0.39 is 0 Å². The number of aromatic nitrogens is 2. The van der Waals surface area contributed by atoms with Gasteiger partial charge in [-0.05, 0) is 18.4 Å². The number of nitro groups is 1. The first-order valence-corrected chi connectivity index (χ1v) is 8.25. The molecule has 1 aliphatic carbocycles. The second-order valence-corrected chi connectivity index (χ2v) is 6.57. The van der Waals surface area contributed by atoms with Crippen molar-refractivity contribution in [2.24, 2.45) is 0 Å². The number of nitrogens with one attached hydrogen (secondary N) is 1. The minimum atomic E-state index is -0.354. The van der Waals surface area contributed by atoms with Gasteiger partial charge in [-0.3, -0.25) is 10.1 Å². The van der Waals surface area contributed by atoms with Crippen LogP contribution < -0.4 is 5.32 Å². The van der Waals surface area contributed by atoms with Gasteiger partial charge in [0.05, 0.1) is 10.5 Å². The van der Waals surface area contributed by atoms with Crippen LogP contribution in [0.25, 0.3) is 0 Å². The molecule has 1 saturated carbocycles. The average molecular weight is 322 g/mol. The van der Waals surface area contributed by atoms with Crippen molar-refractivity contribution in [1.29, 1.82) is 0 Å². The molecule has 0 bridgehead atoms. The van der Waals surface area contributed by atoms with Gasteiger partial charge in [-0.15, -0.1) is 0 Å². The summed E-state index contributed by atoms with van der Waals surface area (Å²) < 4.78 is 5.14. The zero-order valence-electron chi connectivity index (χ0n) is 12.4. The Labute approximate surface area is 131 Å². The molecular weight excluding hydrogens is 304 g/mol. The zero-order chi connectivity index (χ0) is 15.6. The summed E-state index contributed by atoms with van der Waals surface area (Å²) in [7, 11) is 0. The smallest absolute Gasteiger partial charge is 0.324 e. The molecule has 2 aromatic rings. The van der Waals surface area contributed by atoms with Crippen LogP contribution in [0.4, 0.5) is 5.00 Å². The van der Waals surface area contributed by atoms with Crippen LogP contribution in [0.2, 0.25) is 0 Å². The summed E-state index contributed by atoms with van der Waals surface area (Å²) >= 11 is 1.15. The maximum absolute atomic E-state index is 10.8. The first-order chi connectivity index (χ1) is 10.6. The summed E-state index contributed by atoms with van der Waals surface area (Å²) in [5.41, 5.74) is 0.633. The SMILES string of the molecule is Cc1nc(C2(NCc3csc([N+](=O)[O-])c3)CCCCC2)no1. The number of aryl methyl sites for hydroxylation is 1. The van der Waals surface area contributed by atoms with Crippen LogP contribution in [0.15, 0.2) is 16.0 Å². The van der Waals surface area contributed by atoms with Crippen LogP contribution in [0.1, 0.15) is 49.4 Å². The third-order valence-electron chi connectivity index (χ3n) is 4.11. The highest BCUT2D eigenvalue weighted by Crippen LogP contribution is 2.36. The lowest BCUT2D eigenvalue weighted by Gasteiger charge is -2.35. The molecule has 2 aromatic heterocycles. The Bertz CT molecular complexity index is 661. The van der Waals surface area contributed by atoms with E-state index >= 15 is 0 Å². The molecule has 0 aliphatic heterocycles. The van der Waals surface area contributed by atoms with Crippen molar-refractivity contribution in [3.63, 3.8) is 0 Å². The summed E-state index contributed by atoms with van der Waals surface area (Å²) in [4.78, 5) is 14.8. The molecule has 3 rings (SSSR count). The lowest BCUT2D eigenvalue weighted by atomic mass is 9.81. The van der Waals surface area contributed by atoms with Gasteiger partial charge in [0.2, 0.25) is 5.89 Å². The Hall–Kier alpha value is -1.80. The van der Waals surface area contributed by atoms with Gasteiger partial charge in [0.1, 0.15) is 0 Å². The molecule has 0 aromatic carbocycles. The predicted octanol–water partition coefficient (Wildman–Crippen LogP) is 3.30. The Kier molecular flexibility index (Phi) is 4.21. The summed E-state index contributed by atoms with van der Waals surface area (Å²) in [6, 6.07) is 1.62. The average Bonchev–Trinajstić information content (AvgIpc) is 3.15. The molecule has 22 heavy (non-hydrogen) atoms. The van der Waals surface area contributed by atoms with Crippen molar-refractivity contribution in [2.75, 3.05) is 0 Å². The molecule has 1 fully saturated rings. The molecule has 7 nitrogen and oxygen atoms in total. The Morgan fingerprint density at radius 2 is 2.23 bits per heavy atom. The van der Waals surface area contributed by atoms with Crippen molar-refractivity contribution in [1.82, 2.24) is 15.5 Å².